The van der Waals surface area contributed by atoms with Gasteiger partial charge in [-0.2, -0.15) is 0 Å². The normalized spacial score (nSPS) is 21.4. The van der Waals surface area contributed by atoms with Gasteiger partial charge in [0.2, 0.25) is 5.91 Å². The fraction of sp³-hybridized carbons (Fsp3) is 0.636. The summed E-state index contributed by atoms with van der Waals surface area (Å²) in [6, 6.07) is -0.0641. The summed E-state index contributed by atoms with van der Waals surface area (Å²) in [5.74, 6) is 0.115. The first-order chi connectivity index (χ1) is 8.31. The van der Waals surface area contributed by atoms with Crippen LogP contribution in [0.2, 0.25) is 0 Å². The standard InChI is InChI=1S/C11H18N4OS/c1-2-14-11(16)10-6-12-3-4-15(10)7-9-5-13-8-17-9/h5,8,10,12H,2-4,6-7H2,1H3,(H,14,16). The second kappa shape index (κ2) is 6.09. The van der Waals surface area contributed by atoms with Crippen molar-refractivity contribution >= 4 is 17.2 Å². The van der Waals surface area contributed by atoms with E-state index in [0.29, 0.717) is 6.54 Å². The molecule has 0 spiro atoms. The number of nitrogens with zero attached hydrogens (tertiary/aromatic N) is 2. The SMILES string of the molecule is CCNC(=O)C1CNCCN1Cc1cncs1. The smallest absolute Gasteiger partial charge is 0.238 e. The van der Waals surface area contributed by atoms with Gasteiger partial charge in [0.25, 0.3) is 0 Å². The third-order valence-corrected chi connectivity index (χ3v) is 3.61. The first kappa shape index (κ1) is 12.5. The Hall–Kier alpha value is -0.980. The molecule has 2 heterocycles. The molecule has 5 nitrogen and oxygen atoms in total. The Labute approximate surface area is 105 Å². The number of amides is 1. The minimum Gasteiger partial charge on any atom is -0.355 e. The van der Waals surface area contributed by atoms with Gasteiger partial charge in [-0.25, -0.2) is 0 Å². The van der Waals surface area contributed by atoms with Crippen LogP contribution in [0.15, 0.2) is 11.7 Å². The highest BCUT2D eigenvalue weighted by atomic mass is 32.1. The fourth-order valence-corrected chi connectivity index (χ4v) is 2.63. The maximum Gasteiger partial charge on any atom is 0.238 e. The van der Waals surface area contributed by atoms with Crippen molar-refractivity contribution in [2.45, 2.75) is 19.5 Å². The molecule has 94 valence electrons. The summed E-state index contributed by atoms with van der Waals surface area (Å²) < 4.78 is 0. The van der Waals surface area contributed by atoms with Crippen LogP contribution in [-0.4, -0.2) is 48.0 Å². The van der Waals surface area contributed by atoms with E-state index >= 15 is 0 Å². The molecule has 0 aliphatic carbocycles. The van der Waals surface area contributed by atoms with E-state index in [0.717, 1.165) is 26.2 Å². The number of carbonyl (C=O) groups excluding carboxylic acids is 1. The highest BCUT2D eigenvalue weighted by Gasteiger charge is 2.28. The number of nitrogens with one attached hydrogen (secondary N) is 2. The number of aromatic nitrogens is 1. The quantitative estimate of drug-likeness (QED) is 0.797. The van der Waals surface area contributed by atoms with E-state index in [4.69, 9.17) is 0 Å². The summed E-state index contributed by atoms with van der Waals surface area (Å²) in [7, 11) is 0. The summed E-state index contributed by atoms with van der Waals surface area (Å²) >= 11 is 1.64. The number of thiazole rings is 1. The predicted octanol–water partition coefficient (Wildman–Crippen LogP) is 0.0530. The lowest BCUT2D eigenvalue weighted by Gasteiger charge is -2.34. The van der Waals surface area contributed by atoms with Gasteiger partial charge in [-0.1, -0.05) is 0 Å². The van der Waals surface area contributed by atoms with Gasteiger partial charge in [0.1, 0.15) is 6.04 Å². The molecule has 2 rings (SSSR count). The van der Waals surface area contributed by atoms with Crippen molar-refractivity contribution in [3.8, 4) is 0 Å². The van der Waals surface area contributed by atoms with E-state index in [-0.39, 0.29) is 11.9 Å². The lowest BCUT2D eigenvalue weighted by Crippen LogP contribution is -2.57. The van der Waals surface area contributed by atoms with Crippen LogP contribution in [0.5, 0.6) is 0 Å². The van der Waals surface area contributed by atoms with Gasteiger partial charge in [0.05, 0.1) is 5.51 Å². The predicted molar refractivity (Wildman–Crippen MR) is 67.9 cm³/mol. The highest BCUT2D eigenvalue weighted by Crippen LogP contribution is 2.13. The van der Waals surface area contributed by atoms with Crippen LogP contribution in [0, 0.1) is 0 Å². The van der Waals surface area contributed by atoms with E-state index in [9.17, 15) is 4.79 Å². The number of carbonyl (C=O) groups is 1. The molecule has 6 heteroatoms. The molecule has 1 amide bonds. The van der Waals surface area contributed by atoms with E-state index in [1.165, 1.54) is 4.88 Å². The molecular formula is C11H18N4OS. The molecule has 0 bridgehead atoms. The molecular weight excluding hydrogens is 236 g/mol. The third-order valence-electron chi connectivity index (χ3n) is 2.85. The van der Waals surface area contributed by atoms with Crippen molar-refractivity contribution in [1.82, 2.24) is 20.5 Å². The van der Waals surface area contributed by atoms with E-state index in [2.05, 4.69) is 20.5 Å². The average molecular weight is 254 g/mol. The van der Waals surface area contributed by atoms with Crippen LogP contribution in [0.1, 0.15) is 11.8 Å². The average Bonchev–Trinajstić information content (AvgIpc) is 2.83. The number of likely N-dealkylation sites (N-methyl/N-ethyl adjacent to an activating group) is 1. The Morgan fingerprint density at radius 3 is 3.35 bits per heavy atom. The van der Waals surface area contributed by atoms with Crippen molar-refractivity contribution in [3.63, 3.8) is 0 Å². The van der Waals surface area contributed by atoms with Crippen molar-refractivity contribution in [1.29, 1.82) is 0 Å². The molecule has 1 unspecified atom stereocenters. The van der Waals surface area contributed by atoms with Crippen molar-refractivity contribution in [2.75, 3.05) is 26.2 Å². The summed E-state index contributed by atoms with van der Waals surface area (Å²) in [4.78, 5) is 19.4. The summed E-state index contributed by atoms with van der Waals surface area (Å²) in [5.41, 5.74) is 1.83. The lowest BCUT2D eigenvalue weighted by molar-refractivity contribution is -0.127. The molecule has 1 aliphatic rings. The van der Waals surface area contributed by atoms with Crippen molar-refractivity contribution in [3.05, 3.63) is 16.6 Å². The maximum atomic E-state index is 11.9. The Morgan fingerprint density at radius 1 is 1.76 bits per heavy atom. The van der Waals surface area contributed by atoms with Crippen LogP contribution >= 0.6 is 11.3 Å². The topological polar surface area (TPSA) is 57.3 Å². The van der Waals surface area contributed by atoms with Gasteiger partial charge in [0, 0.05) is 43.8 Å². The van der Waals surface area contributed by atoms with Crippen LogP contribution in [0.25, 0.3) is 0 Å². The van der Waals surface area contributed by atoms with Crippen LogP contribution in [-0.2, 0) is 11.3 Å². The number of hydrogen-bond donors (Lipinski definition) is 2. The molecule has 1 atom stereocenters. The zero-order valence-corrected chi connectivity index (χ0v) is 10.8. The lowest BCUT2D eigenvalue weighted by atomic mass is 10.1. The molecule has 1 aliphatic heterocycles. The molecule has 1 saturated heterocycles. The Balaban J connectivity index is 1.99. The Morgan fingerprint density at radius 2 is 2.65 bits per heavy atom. The van der Waals surface area contributed by atoms with E-state index < -0.39 is 0 Å². The molecule has 2 N–H and O–H groups in total. The molecule has 1 fully saturated rings. The van der Waals surface area contributed by atoms with Gasteiger partial charge >= 0.3 is 0 Å². The molecule has 1 aromatic rings. The molecule has 0 aromatic carbocycles. The van der Waals surface area contributed by atoms with Crippen LogP contribution in [0.3, 0.4) is 0 Å². The zero-order valence-electron chi connectivity index (χ0n) is 9.98. The highest BCUT2D eigenvalue weighted by molar-refractivity contribution is 7.09. The monoisotopic (exact) mass is 254 g/mol. The minimum absolute atomic E-state index is 0.0641. The zero-order chi connectivity index (χ0) is 12.1. The van der Waals surface area contributed by atoms with Gasteiger partial charge < -0.3 is 10.6 Å². The number of piperazine rings is 1. The molecule has 1 aromatic heterocycles. The van der Waals surface area contributed by atoms with Crippen LogP contribution < -0.4 is 10.6 Å². The minimum atomic E-state index is -0.0641. The van der Waals surface area contributed by atoms with E-state index in [1.54, 1.807) is 11.3 Å². The van der Waals surface area contributed by atoms with Gasteiger partial charge in [0.15, 0.2) is 0 Å². The van der Waals surface area contributed by atoms with Crippen molar-refractivity contribution in [2.24, 2.45) is 0 Å². The summed E-state index contributed by atoms with van der Waals surface area (Å²) in [5, 5.41) is 6.16. The summed E-state index contributed by atoms with van der Waals surface area (Å²) in [6.07, 6.45) is 1.88. The van der Waals surface area contributed by atoms with E-state index in [1.807, 2.05) is 18.6 Å². The third kappa shape index (κ3) is 3.24. The molecule has 0 saturated carbocycles. The maximum absolute atomic E-state index is 11.9. The second-order valence-electron chi connectivity index (χ2n) is 4.05. The molecule has 17 heavy (non-hydrogen) atoms. The summed E-state index contributed by atoms with van der Waals surface area (Å²) in [6.45, 7) is 6.01. The fourth-order valence-electron chi connectivity index (χ4n) is 2.01. The number of rotatable bonds is 4. The Kier molecular flexibility index (Phi) is 4.47. The first-order valence-electron chi connectivity index (χ1n) is 5.91. The Bertz CT molecular complexity index is 354. The van der Waals surface area contributed by atoms with Gasteiger partial charge in [-0.15, -0.1) is 11.3 Å². The number of hydrogen-bond acceptors (Lipinski definition) is 5. The van der Waals surface area contributed by atoms with Gasteiger partial charge in [-0.3, -0.25) is 14.7 Å². The molecule has 0 radical (unpaired) electrons. The van der Waals surface area contributed by atoms with Crippen molar-refractivity contribution < 1.29 is 4.79 Å². The second-order valence-corrected chi connectivity index (χ2v) is 5.02. The van der Waals surface area contributed by atoms with Crippen LogP contribution in [0.4, 0.5) is 0 Å². The largest absolute Gasteiger partial charge is 0.355 e. The van der Waals surface area contributed by atoms with Gasteiger partial charge in [-0.05, 0) is 6.92 Å². The first-order valence-corrected chi connectivity index (χ1v) is 6.79.